The van der Waals surface area contributed by atoms with Crippen molar-refractivity contribution < 1.29 is 10.2 Å². The van der Waals surface area contributed by atoms with Gasteiger partial charge in [-0.05, 0) is 48.7 Å². The largest absolute Gasteiger partial charge is 0.504 e. The fraction of sp³-hybridized carbons (Fsp3) is 0.294. The molecule has 2 aromatic rings. The lowest BCUT2D eigenvalue weighted by Gasteiger charge is -2.30. The molecule has 1 aliphatic carbocycles. The number of benzene rings is 2. The molecule has 0 bridgehead atoms. The Bertz CT molecular complexity index is 723. The van der Waals surface area contributed by atoms with Gasteiger partial charge in [0.2, 0.25) is 0 Å². The first-order valence-corrected chi connectivity index (χ1v) is 6.98. The van der Waals surface area contributed by atoms with Crippen LogP contribution in [0.5, 0.6) is 11.5 Å². The van der Waals surface area contributed by atoms with E-state index < -0.39 is 0 Å². The van der Waals surface area contributed by atoms with Crippen LogP contribution in [0.25, 0.3) is 11.1 Å². The molecule has 0 fully saturated rings. The van der Waals surface area contributed by atoms with Gasteiger partial charge in [-0.2, -0.15) is 0 Å². The Kier molecular flexibility index (Phi) is 2.22. The molecule has 2 aliphatic rings. The minimum atomic E-state index is -0.0424. The Morgan fingerprint density at radius 1 is 1.15 bits per heavy atom. The van der Waals surface area contributed by atoms with Gasteiger partial charge in [0.05, 0.1) is 0 Å². The molecule has 3 nitrogen and oxygen atoms in total. The second kappa shape index (κ2) is 3.76. The molecule has 1 aliphatic heterocycles. The molecule has 0 saturated heterocycles. The van der Waals surface area contributed by atoms with Crippen LogP contribution in [0.15, 0.2) is 30.3 Å². The van der Waals surface area contributed by atoms with Crippen LogP contribution >= 0.6 is 0 Å². The second-order valence-corrected chi connectivity index (χ2v) is 5.84. The molecule has 0 unspecified atom stereocenters. The Morgan fingerprint density at radius 2 is 1.95 bits per heavy atom. The summed E-state index contributed by atoms with van der Waals surface area (Å²) in [6.07, 6.45) is 0.883. The third kappa shape index (κ3) is 1.28. The molecule has 0 saturated carbocycles. The number of fused-ring (bicyclic) bond motifs is 2. The van der Waals surface area contributed by atoms with E-state index in [9.17, 15) is 10.2 Å². The summed E-state index contributed by atoms with van der Waals surface area (Å²) in [5, 5.41) is 20.1. The molecular weight excluding hydrogens is 250 g/mol. The molecule has 2 N–H and O–H groups in total. The Labute approximate surface area is 118 Å². The molecule has 1 heterocycles. The minimum absolute atomic E-state index is 0.0107. The summed E-state index contributed by atoms with van der Waals surface area (Å²) in [7, 11) is 2.16. The number of phenolic OH excluding ortho intramolecular Hbond substituents is 2. The van der Waals surface area contributed by atoms with Crippen molar-refractivity contribution in [2.24, 2.45) is 0 Å². The standard InChI is InChI=1S/C17H17NO2/c1-9-11-4-3-5-12-15-10(6-7-14(19)17(15)20)8-13(16(11)12)18(9)2/h3-7,9,13,19-20H,8H2,1-2H3/t9-,13-/m1/s1. The van der Waals surface area contributed by atoms with Gasteiger partial charge in [0, 0.05) is 17.6 Å². The minimum Gasteiger partial charge on any atom is -0.504 e. The maximum absolute atomic E-state index is 10.3. The van der Waals surface area contributed by atoms with Gasteiger partial charge in [0.15, 0.2) is 11.5 Å². The molecule has 102 valence electrons. The monoisotopic (exact) mass is 267 g/mol. The number of likely N-dealkylation sites (N-methyl/N-ethyl adjacent to an activating group) is 1. The van der Waals surface area contributed by atoms with Crippen LogP contribution in [0.4, 0.5) is 0 Å². The van der Waals surface area contributed by atoms with Crippen LogP contribution < -0.4 is 0 Å². The molecule has 0 spiro atoms. The predicted octanol–water partition coefficient (Wildman–Crippen LogP) is 3.37. The highest BCUT2D eigenvalue weighted by Gasteiger charge is 2.39. The van der Waals surface area contributed by atoms with Gasteiger partial charge in [-0.25, -0.2) is 0 Å². The first-order valence-electron chi connectivity index (χ1n) is 6.98. The second-order valence-electron chi connectivity index (χ2n) is 5.84. The van der Waals surface area contributed by atoms with Crippen molar-refractivity contribution in [1.82, 2.24) is 4.90 Å². The first kappa shape index (κ1) is 11.8. The van der Waals surface area contributed by atoms with Crippen LogP contribution in [0.1, 0.15) is 35.7 Å². The van der Waals surface area contributed by atoms with Crippen molar-refractivity contribution in [3.05, 3.63) is 47.0 Å². The van der Waals surface area contributed by atoms with Crippen LogP contribution in [0.2, 0.25) is 0 Å². The fourth-order valence-electron chi connectivity index (χ4n) is 3.78. The van der Waals surface area contributed by atoms with Gasteiger partial charge in [0.1, 0.15) is 0 Å². The zero-order valence-electron chi connectivity index (χ0n) is 11.6. The number of hydrogen-bond donors (Lipinski definition) is 2. The average Bonchev–Trinajstić information content (AvgIpc) is 2.70. The van der Waals surface area contributed by atoms with E-state index in [-0.39, 0.29) is 11.5 Å². The number of phenols is 2. The number of aromatic hydroxyl groups is 2. The molecule has 2 aromatic carbocycles. The highest BCUT2D eigenvalue weighted by molar-refractivity contribution is 5.82. The molecule has 0 amide bonds. The average molecular weight is 267 g/mol. The van der Waals surface area contributed by atoms with Crippen LogP contribution in [-0.2, 0) is 6.42 Å². The van der Waals surface area contributed by atoms with Crippen LogP contribution in [-0.4, -0.2) is 22.2 Å². The van der Waals surface area contributed by atoms with E-state index in [1.807, 2.05) is 12.1 Å². The molecule has 20 heavy (non-hydrogen) atoms. The van der Waals surface area contributed by atoms with Gasteiger partial charge in [-0.15, -0.1) is 0 Å². The molecule has 3 heteroatoms. The number of rotatable bonds is 0. The van der Waals surface area contributed by atoms with E-state index in [0.717, 1.165) is 23.1 Å². The highest BCUT2D eigenvalue weighted by atomic mass is 16.3. The summed E-state index contributed by atoms with van der Waals surface area (Å²) in [4.78, 5) is 2.39. The van der Waals surface area contributed by atoms with E-state index >= 15 is 0 Å². The topological polar surface area (TPSA) is 43.7 Å². The molecule has 0 radical (unpaired) electrons. The quantitative estimate of drug-likeness (QED) is 0.719. The van der Waals surface area contributed by atoms with Gasteiger partial charge >= 0.3 is 0 Å². The number of hydrogen-bond acceptors (Lipinski definition) is 3. The Balaban J connectivity index is 2.07. The molecule has 4 rings (SSSR count). The van der Waals surface area contributed by atoms with Gasteiger partial charge in [0.25, 0.3) is 0 Å². The van der Waals surface area contributed by atoms with Gasteiger partial charge < -0.3 is 10.2 Å². The lowest BCUT2D eigenvalue weighted by Crippen LogP contribution is -2.23. The smallest absolute Gasteiger partial charge is 0.165 e. The van der Waals surface area contributed by atoms with E-state index in [4.69, 9.17) is 0 Å². The van der Waals surface area contributed by atoms with E-state index in [2.05, 4.69) is 31.0 Å². The Hall–Kier alpha value is -2.00. The zero-order chi connectivity index (χ0) is 14.0. The predicted molar refractivity (Wildman–Crippen MR) is 77.8 cm³/mol. The highest BCUT2D eigenvalue weighted by Crippen LogP contribution is 2.53. The molecule has 0 aromatic heterocycles. The van der Waals surface area contributed by atoms with Crippen molar-refractivity contribution in [3.63, 3.8) is 0 Å². The third-order valence-electron chi connectivity index (χ3n) is 4.95. The van der Waals surface area contributed by atoms with Gasteiger partial charge in [-0.1, -0.05) is 24.3 Å². The normalized spacial score (nSPS) is 23.5. The SMILES string of the molecule is C[C@@H]1c2cccc3c2[C@@H](Cc2ccc(O)c(O)c2-3)N1C. The lowest BCUT2D eigenvalue weighted by atomic mass is 9.81. The molecular formula is C17H17NO2. The van der Waals surface area contributed by atoms with Crippen LogP contribution in [0, 0.1) is 0 Å². The fourth-order valence-corrected chi connectivity index (χ4v) is 3.78. The Morgan fingerprint density at radius 3 is 2.75 bits per heavy atom. The van der Waals surface area contributed by atoms with Crippen molar-refractivity contribution in [3.8, 4) is 22.6 Å². The van der Waals surface area contributed by atoms with E-state index in [0.29, 0.717) is 12.1 Å². The van der Waals surface area contributed by atoms with Crippen molar-refractivity contribution in [2.45, 2.75) is 25.4 Å². The third-order valence-corrected chi connectivity index (χ3v) is 4.95. The van der Waals surface area contributed by atoms with Gasteiger partial charge in [-0.3, -0.25) is 4.90 Å². The van der Waals surface area contributed by atoms with E-state index in [1.54, 1.807) is 6.07 Å². The summed E-state index contributed by atoms with van der Waals surface area (Å²) < 4.78 is 0. The molecule has 2 atom stereocenters. The number of nitrogens with zero attached hydrogens (tertiary/aromatic N) is 1. The zero-order valence-corrected chi connectivity index (χ0v) is 11.6. The van der Waals surface area contributed by atoms with Crippen molar-refractivity contribution in [1.29, 1.82) is 0 Å². The first-order chi connectivity index (χ1) is 9.59. The van der Waals surface area contributed by atoms with Crippen LogP contribution in [0.3, 0.4) is 0 Å². The summed E-state index contributed by atoms with van der Waals surface area (Å²) >= 11 is 0. The van der Waals surface area contributed by atoms with E-state index in [1.165, 1.54) is 11.1 Å². The van der Waals surface area contributed by atoms with Crippen molar-refractivity contribution in [2.75, 3.05) is 7.05 Å². The summed E-state index contributed by atoms with van der Waals surface area (Å²) in [5.74, 6) is -0.0317. The maximum Gasteiger partial charge on any atom is 0.165 e. The summed E-state index contributed by atoms with van der Waals surface area (Å²) in [6.45, 7) is 2.22. The summed E-state index contributed by atoms with van der Waals surface area (Å²) in [5.41, 5.74) is 5.63. The maximum atomic E-state index is 10.3. The lowest BCUT2D eigenvalue weighted by molar-refractivity contribution is 0.216. The summed E-state index contributed by atoms with van der Waals surface area (Å²) in [6, 6.07) is 10.5. The van der Waals surface area contributed by atoms with Crippen molar-refractivity contribution >= 4 is 0 Å².